The van der Waals surface area contributed by atoms with Gasteiger partial charge in [-0.15, -0.1) is 5.10 Å². The Hall–Kier alpha value is -2.47. The fourth-order valence-corrected chi connectivity index (χ4v) is 2.00. The first kappa shape index (κ1) is 13.5. The second-order valence-corrected chi connectivity index (χ2v) is 4.68. The predicted molar refractivity (Wildman–Crippen MR) is 74.9 cm³/mol. The maximum Gasteiger partial charge on any atom is 0.143 e. The lowest BCUT2D eigenvalue weighted by molar-refractivity contribution is 0.306. The SMILES string of the molecule is Fc1ccc(COc2ccc(-n3cnnn3)cc2)c(Cl)c1. The molecule has 0 N–H and O–H groups in total. The molecule has 0 spiro atoms. The van der Waals surface area contributed by atoms with Crippen molar-refractivity contribution in [1.29, 1.82) is 0 Å². The summed E-state index contributed by atoms with van der Waals surface area (Å²) in [6.45, 7) is 0.267. The maximum atomic E-state index is 12.9. The van der Waals surface area contributed by atoms with Crippen LogP contribution in [-0.4, -0.2) is 20.2 Å². The summed E-state index contributed by atoms with van der Waals surface area (Å²) in [5.41, 5.74) is 1.55. The Labute approximate surface area is 124 Å². The second kappa shape index (κ2) is 5.88. The Morgan fingerprint density at radius 2 is 1.95 bits per heavy atom. The van der Waals surface area contributed by atoms with Crippen LogP contribution < -0.4 is 4.74 Å². The number of nitrogens with zero attached hydrogens (tertiary/aromatic N) is 4. The van der Waals surface area contributed by atoms with Crippen molar-refractivity contribution < 1.29 is 9.13 Å². The van der Waals surface area contributed by atoms with Gasteiger partial charge in [0.15, 0.2) is 0 Å². The molecule has 0 saturated carbocycles. The van der Waals surface area contributed by atoms with E-state index < -0.39 is 0 Å². The van der Waals surface area contributed by atoms with Crippen LogP contribution in [0.15, 0.2) is 48.8 Å². The first-order valence-corrected chi connectivity index (χ1v) is 6.50. The van der Waals surface area contributed by atoms with E-state index in [-0.39, 0.29) is 12.4 Å². The van der Waals surface area contributed by atoms with Gasteiger partial charge in [-0.3, -0.25) is 0 Å². The Balaban J connectivity index is 1.68. The molecule has 0 atom stereocenters. The van der Waals surface area contributed by atoms with Gasteiger partial charge >= 0.3 is 0 Å². The van der Waals surface area contributed by atoms with Gasteiger partial charge in [0.2, 0.25) is 0 Å². The average Bonchev–Trinajstić information content (AvgIpc) is 3.01. The van der Waals surface area contributed by atoms with E-state index in [9.17, 15) is 4.39 Å². The molecule has 1 heterocycles. The molecule has 0 amide bonds. The van der Waals surface area contributed by atoms with Crippen LogP contribution in [0.5, 0.6) is 5.75 Å². The molecule has 0 aliphatic heterocycles. The Morgan fingerprint density at radius 3 is 2.62 bits per heavy atom. The highest BCUT2D eigenvalue weighted by Gasteiger charge is 2.04. The van der Waals surface area contributed by atoms with Crippen molar-refractivity contribution in [2.45, 2.75) is 6.61 Å². The summed E-state index contributed by atoms with van der Waals surface area (Å²) in [6, 6.07) is 11.5. The number of benzene rings is 2. The summed E-state index contributed by atoms with van der Waals surface area (Å²) < 4.78 is 20.1. The van der Waals surface area contributed by atoms with E-state index >= 15 is 0 Å². The number of aromatic nitrogens is 4. The lowest BCUT2D eigenvalue weighted by Crippen LogP contribution is -1.98. The molecule has 5 nitrogen and oxygen atoms in total. The van der Waals surface area contributed by atoms with Gasteiger partial charge in [-0.1, -0.05) is 17.7 Å². The monoisotopic (exact) mass is 304 g/mol. The van der Waals surface area contributed by atoms with Crippen molar-refractivity contribution in [3.8, 4) is 11.4 Å². The van der Waals surface area contributed by atoms with E-state index in [0.29, 0.717) is 10.8 Å². The predicted octanol–water partition coefficient (Wildman–Crippen LogP) is 3.03. The van der Waals surface area contributed by atoms with Crippen LogP contribution in [0.2, 0.25) is 5.02 Å². The van der Waals surface area contributed by atoms with Gasteiger partial charge in [-0.25, -0.2) is 9.07 Å². The van der Waals surface area contributed by atoms with Crippen LogP contribution in [0.3, 0.4) is 0 Å². The molecule has 0 bridgehead atoms. The smallest absolute Gasteiger partial charge is 0.143 e. The van der Waals surface area contributed by atoms with E-state index in [2.05, 4.69) is 15.5 Å². The number of rotatable bonds is 4. The van der Waals surface area contributed by atoms with Crippen molar-refractivity contribution >= 4 is 11.6 Å². The molecule has 0 aliphatic carbocycles. The highest BCUT2D eigenvalue weighted by atomic mass is 35.5. The fraction of sp³-hybridized carbons (Fsp3) is 0.0714. The first-order valence-electron chi connectivity index (χ1n) is 6.12. The topological polar surface area (TPSA) is 52.8 Å². The molecule has 0 fully saturated rings. The van der Waals surface area contributed by atoms with Crippen LogP contribution in [0.1, 0.15) is 5.56 Å². The van der Waals surface area contributed by atoms with Crippen molar-refractivity contribution in [3.05, 3.63) is 65.2 Å². The Morgan fingerprint density at radius 1 is 1.14 bits per heavy atom. The minimum absolute atomic E-state index is 0.267. The van der Waals surface area contributed by atoms with Gasteiger partial charge in [0.1, 0.15) is 24.5 Å². The van der Waals surface area contributed by atoms with E-state index in [1.807, 2.05) is 12.1 Å². The summed E-state index contributed by atoms with van der Waals surface area (Å²) in [5, 5.41) is 11.3. The minimum Gasteiger partial charge on any atom is -0.489 e. The lowest BCUT2D eigenvalue weighted by Gasteiger charge is -2.08. The summed E-state index contributed by atoms with van der Waals surface area (Å²) in [4.78, 5) is 0. The quantitative estimate of drug-likeness (QED) is 0.743. The van der Waals surface area contributed by atoms with E-state index in [0.717, 1.165) is 11.3 Å². The average molecular weight is 305 g/mol. The molecule has 3 aromatic rings. The fourth-order valence-electron chi connectivity index (χ4n) is 1.77. The zero-order valence-corrected chi connectivity index (χ0v) is 11.5. The number of halogens is 2. The van der Waals surface area contributed by atoms with Crippen LogP contribution in [0.25, 0.3) is 5.69 Å². The third-order valence-electron chi connectivity index (χ3n) is 2.86. The lowest BCUT2D eigenvalue weighted by atomic mass is 10.2. The van der Waals surface area contributed by atoms with Crippen molar-refractivity contribution in [3.63, 3.8) is 0 Å². The van der Waals surface area contributed by atoms with Crippen molar-refractivity contribution in [2.24, 2.45) is 0 Å². The van der Waals surface area contributed by atoms with Crippen molar-refractivity contribution in [1.82, 2.24) is 20.2 Å². The van der Waals surface area contributed by atoms with E-state index in [1.54, 1.807) is 22.9 Å². The molecular weight excluding hydrogens is 295 g/mol. The number of hydrogen-bond acceptors (Lipinski definition) is 4. The molecular formula is C14H10ClFN4O. The summed E-state index contributed by atoms with van der Waals surface area (Å²) >= 11 is 5.94. The van der Waals surface area contributed by atoms with Gasteiger partial charge in [0.05, 0.1) is 10.7 Å². The highest BCUT2D eigenvalue weighted by molar-refractivity contribution is 6.31. The zero-order valence-electron chi connectivity index (χ0n) is 10.8. The van der Waals surface area contributed by atoms with Gasteiger partial charge in [-0.05, 0) is 46.8 Å². The van der Waals surface area contributed by atoms with Gasteiger partial charge in [0.25, 0.3) is 0 Å². The summed E-state index contributed by atoms with van der Waals surface area (Å²) in [6.07, 6.45) is 1.51. The van der Waals surface area contributed by atoms with Gasteiger partial charge in [0, 0.05) is 5.56 Å². The maximum absolute atomic E-state index is 12.9. The third-order valence-corrected chi connectivity index (χ3v) is 3.21. The summed E-state index contributed by atoms with van der Waals surface area (Å²) in [5.74, 6) is 0.307. The molecule has 0 radical (unpaired) electrons. The molecule has 1 aromatic heterocycles. The molecule has 3 rings (SSSR count). The van der Waals surface area contributed by atoms with Gasteiger partial charge < -0.3 is 4.74 Å². The standard InChI is InChI=1S/C14H10ClFN4O/c15-14-7-11(16)2-1-10(14)8-21-13-5-3-12(4-6-13)20-9-17-18-19-20/h1-7,9H,8H2. The third kappa shape index (κ3) is 3.17. The number of hydrogen-bond donors (Lipinski definition) is 0. The molecule has 0 unspecified atom stereocenters. The largest absolute Gasteiger partial charge is 0.489 e. The van der Waals surface area contributed by atoms with E-state index in [1.165, 1.54) is 18.5 Å². The number of ether oxygens (including phenoxy) is 1. The van der Waals surface area contributed by atoms with Crippen LogP contribution in [0.4, 0.5) is 4.39 Å². The van der Waals surface area contributed by atoms with Crippen molar-refractivity contribution in [2.75, 3.05) is 0 Å². The first-order chi connectivity index (χ1) is 10.2. The second-order valence-electron chi connectivity index (χ2n) is 4.27. The van der Waals surface area contributed by atoms with Gasteiger partial charge in [-0.2, -0.15) is 0 Å². The normalized spacial score (nSPS) is 10.6. The molecule has 0 aliphatic rings. The molecule has 0 saturated heterocycles. The molecule has 7 heteroatoms. The van der Waals surface area contributed by atoms with Crippen LogP contribution >= 0.6 is 11.6 Å². The Kier molecular flexibility index (Phi) is 3.79. The Bertz CT molecular complexity index is 731. The molecule has 21 heavy (non-hydrogen) atoms. The summed E-state index contributed by atoms with van der Waals surface area (Å²) in [7, 11) is 0. The van der Waals surface area contributed by atoms with Crippen LogP contribution in [0, 0.1) is 5.82 Å². The van der Waals surface area contributed by atoms with E-state index in [4.69, 9.17) is 16.3 Å². The van der Waals surface area contributed by atoms with Crippen LogP contribution in [-0.2, 0) is 6.61 Å². The molecule has 106 valence electrons. The molecule has 2 aromatic carbocycles. The highest BCUT2D eigenvalue weighted by Crippen LogP contribution is 2.20. The number of tetrazole rings is 1. The zero-order chi connectivity index (χ0) is 14.7. The minimum atomic E-state index is -0.366.